The van der Waals surface area contributed by atoms with E-state index < -0.39 is 12.1 Å². The van der Waals surface area contributed by atoms with Crippen LogP contribution < -0.4 is 10.1 Å². The molecule has 2 N–H and O–H groups in total. The Balaban J connectivity index is 1.56. The number of hydrogen-bond acceptors (Lipinski definition) is 5. The molecule has 7 heteroatoms. The molecule has 0 saturated heterocycles. The topological polar surface area (TPSA) is 68.5 Å². The molecule has 154 valence electrons. The van der Waals surface area contributed by atoms with Crippen molar-refractivity contribution < 1.29 is 19.0 Å². The average molecular weight is 399 g/mol. The summed E-state index contributed by atoms with van der Waals surface area (Å²) in [6.45, 7) is 0.773. The average Bonchev–Trinajstić information content (AvgIpc) is 3.15. The zero-order valence-corrected chi connectivity index (χ0v) is 16.6. The Morgan fingerprint density at radius 2 is 1.93 bits per heavy atom. The van der Waals surface area contributed by atoms with Gasteiger partial charge in [0.25, 0.3) is 0 Å². The van der Waals surface area contributed by atoms with Crippen LogP contribution in [0.4, 0.5) is 4.39 Å². The smallest absolute Gasteiger partial charge is 0.130 e. The van der Waals surface area contributed by atoms with Crippen molar-refractivity contribution in [2.45, 2.75) is 18.8 Å². The summed E-state index contributed by atoms with van der Waals surface area (Å²) >= 11 is 0. The van der Waals surface area contributed by atoms with Crippen molar-refractivity contribution in [3.63, 3.8) is 0 Å². The molecule has 0 amide bonds. The molecule has 2 unspecified atom stereocenters. The first kappa shape index (κ1) is 21.0. The molecule has 3 rings (SSSR count). The second-order valence-electron chi connectivity index (χ2n) is 6.78. The maximum atomic E-state index is 14.4. The lowest BCUT2D eigenvalue weighted by molar-refractivity contribution is 0.0279. The molecule has 3 aromatic rings. The first-order valence-electron chi connectivity index (χ1n) is 9.42. The second kappa shape index (κ2) is 10.2. The van der Waals surface area contributed by atoms with Gasteiger partial charge in [-0.3, -0.25) is 0 Å². The number of ether oxygens (including phenoxy) is 2. The zero-order chi connectivity index (χ0) is 20.6. The van der Waals surface area contributed by atoms with E-state index in [1.807, 2.05) is 35.9 Å². The number of imidazole rings is 1. The number of nitrogens with one attached hydrogen (secondary N) is 1. The minimum absolute atomic E-state index is 0.156. The molecule has 0 saturated carbocycles. The van der Waals surface area contributed by atoms with E-state index in [1.54, 1.807) is 37.7 Å². The maximum Gasteiger partial charge on any atom is 0.130 e. The lowest BCUT2D eigenvalue weighted by Gasteiger charge is -2.21. The van der Waals surface area contributed by atoms with Crippen LogP contribution in [0.2, 0.25) is 0 Å². The zero-order valence-electron chi connectivity index (χ0n) is 16.6. The Morgan fingerprint density at radius 1 is 1.17 bits per heavy atom. The number of aliphatic hydroxyl groups excluding tert-OH is 1. The largest absolute Gasteiger partial charge is 0.497 e. The summed E-state index contributed by atoms with van der Waals surface area (Å²) in [6.07, 6.45) is 2.72. The molecule has 2 atom stereocenters. The van der Waals surface area contributed by atoms with E-state index in [2.05, 4.69) is 10.3 Å². The van der Waals surface area contributed by atoms with Crippen LogP contribution in [0.5, 0.6) is 5.75 Å². The predicted octanol–water partition coefficient (Wildman–Crippen LogP) is 2.82. The molecule has 2 aromatic carbocycles. The van der Waals surface area contributed by atoms with Crippen LogP contribution in [0.15, 0.2) is 60.9 Å². The van der Waals surface area contributed by atoms with Crippen LogP contribution in [-0.2, 0) is 18.4 Å². The summed E-state index contributed by atoms with van der Waals surface area (Å²) in [7, 11) is 3.47. The van der Waals surface area contributed by atoms with Crippen molar-refractivity contribution in [2.75, 3.05) is 20.3 Å². The molecule has 0 spiro atoms. The highest BCUT2D eigenvalue weighted by molar-refractivity contribution is 5.27. The normalized spacial score (nSPS) is 13.2. The van der Waals surface area contributed by atoms with E-state index in [0.717, 1.165) is 11.3 Å². The first-order valence-corrected chi connectivity index (χ1v) is 9.42. The highest BCUT2D eigenvalue weighted by Crippen LogP contribution is 2.23. The van der Waals surface area contributed by atoms with Crippen molar-refractivity contribution in [3.8, 4) is 5.75 Å². The minimum atomic E-state index is -0.747. The van der Waals surface area contributed by atoms with Crippen molar-refractivity contribution in [1.82, 2.24) is 14.9 Å². The Labute approximate surface area is 169 Å². The van der Waals surface area contributed by atoms with Gasteiger partial charge in [-0.25, -0.2) is 9.37 Å². The highest BCUT2D eigenvalue weighted by Gasteiger charge is 2.22. The maximum absolute atomic E-state index is 14.4. The fourth-order valence-electron chi connectivity index (χ4n) is 3.05. The third-order valence-corrected chi connectivity index (χ3v) is 4.63. The summed E-state index contributed by atoms with van der Waals surface area (Å²) in [4.78, 5) is 4.34. The molecule has 0 fully saturated rings. The van der Waals surface area contributed by atoms with E-state index in [9.17, 15) is 9.50 Å². The van der Waals surface area contributed by atoms with Gasteiger partial charge in [0.05, 0.1) is 32.5 Å². The Kier molecular flexibility index (Phi) is 7.35. The van der Waals surface area contributed by atoms with Crippen molar-refractivity contribution in [1.29, 1.82) is 0 Å². The number of aromatic nitrogens is 2. The number of halogens is 1. The number of rotatable bonds is 10. The minimum Gasteiger partial charge on any atom is -0.497 e. The van der Waals surface area contributed by atoms with Gasteiger partial charge in [0.2, 0.25) is 0 Å². The van der Waals surface area contributed by atoms with E-state index in [4.69, 9.17) is 9.47 Å². The third-order valence-electron chi connectivity index (χ3n) is 4.63. The van der Waals surface area contributed by atoms with E-state index in [-0.39, 0.29) is 19.0 Å². The fourth-order valence-corrected chi connectivity index (χ4v) is 3.05. The Morgan fingerprint density at radius 3 is 2.59 bits per heavy atom. The van der Waals surface area contributed by atoms with E-state index in [1.165, 1.54) is 6.07 Å². The summed E-state index contributed by atoms with van der Waals surface area (Å²) in [5.74, 6) is 1.13. The van der Waals surface area contributed by atoms with Gasteiger partial charge in [-0.05, 0) is 23.8 Å². The van der Waals surface area contributed by atoms with E-state index >= 15 is 0 Å². The molecule has 0 aliphatic carbocycles. The molecule has 0 radical (unpaired) electrons. The number of nitrogens with zero attached hydrogens (tertiary/aromatic N) is 2. The lowest BCUT2D eigenvalue weighted by atomic mass is 10.1. The van der Waals surface area contributed by atoms with Crippen LogP contribution in [0.1, 0.15) is 23.0 Å². The Hall–Kier alpha value is -2.74. The van der Waals surface area contributed by atoms with Gasteiger partial charge < -0.3 is 24.5 Å². The van der Waals surface area contributed by atoms with Crippen LogP contribution in [0.3, 0.4) is 0 Å². The van der Waals surface area contributed by atoms with Gasteiger partial charge in [-0.15, -0.1) is 0 Å². The van der Waals surface area contributed by atoms with Gasteiger partial charge in [-0.2, -0.15) is 0 Å². The summed E-state index contributed by atoms with van der Waals surface area (Å²) in [5, 5.41) is 13.5. The quantitative estimate of drug-likeness (QED) is 0.549. The summed E-state index contributed by atoms with van der Waals surface area (Å²) in [5.41, 5.74) is 1.47. The molecule has 29 heavy (non-hydrogen) atoms. The highest BCUT2D eigenvalue weighted by atomic mass is 19.1. The Bertz CT molecular complexity index is 898. The van der Waals surface area contributed by atoms with Gasteiger partial charge in [0, 0.05) is 31.5 Å². The molecule has 1 heterocycles. The number of aryl methyl sites for hydroxylation is 1. The van der Waals surface area contributed by atoms with E-state index in [0.29, 0.717) is 18.0 Å². The number of methoxy groups -OCH3 is 1. The van der Waals surface area contributed by atoms with Crippen molar-refractivity contribution in [2.24, 2.45) is 7.05 Å². The first-order chi connectivity index (χ1) is 14.1. The molecular weight excluding hydrogens is 373 g/mol. The molecular formula is C22H26FN3O3. The van der Waals surface area contributed by atoms with Crippen molar-refractivity contribution >= 4 is 0 Å². The number of hydrogen-bond donors (Lipinski definition) is 2. The number of benzene rings is 2. The second-order valence-corrected chi connectivity index (χ2v) is 6.78. The van der Waals surface area contributed by atoms with Crippen LogP contribution in [0, 0.1) is 5.82 Å². The molecule has 0 bridgehead atoms. The summed E-state index contributed by atoms with van der Waals surface area (Å²) < 4.78 is 26.9. The third kappa shape index (κ3) is 5.63. The lowest BCUT2D eigenvalue weighted by Crippen LogP contribution is -2.35. The van der Waals surface area contributed by atoms with Crippen molar-refractivity contribution in [3.05, 3.63) is 83.7 Å². The molecule has 6 nitrogen and oxygen atoms in total. The van der Waals surface area contributed by atoms with Gasteiger partial charge >= 0.3 is 0 Å². The SMILES string of the molecule is COc1ccc(COCC(O)CNC(c2ccccc2F)c2nccn2C)cc1. The van der Waals surface area contributed by atoms with Crippen LogP contribution in [-0.4, -0.2) is 41.0 Å². The fraction of sp³-hybridized carbons (Fsp3) is 0.318. The van der Waals surface area contributed by atoms with Gasteiger partial charge in [-0.1, -0.05) is 30.3 Å². The molecule has 0 aliphatic rings. The monoisotopic (exact) mass is 399 g/mol. The van der Waals surface area contributed by atoms with Crippen LogP contribution in [0.25, 0.3) is 0 Å². The van der Waals surface area contributed by atoms with Crippen LogP contribution >= 0.6 is 0 Å². The standard InChI is InChI=1S/C22H26FN3O3/c1-26-12-11-24-22(26)21(19-5-3-4-6-20(19)23)25-13-17(27)15-29-14-16-7-9-18(28-2)10-8-16/h3-12,17,21,25,27H,13-15H2,1-2H3. The summed E-state index contributed by atoms with van der Waals surface area (Å²) in [6, 6.07) is 13.6. The van der Waals surface area contributed by atoms with Gasteiger partial charge in [0.1, 0.15) is 17.4 Å². The molecule has 0 aliphatic heterocycles. The van der Waals surface area contributed by atoms with Gasteiger partial charge in [0.15, 0.2) is 0 Å². The number of aliphatic hydroxyl groups is 1. The predicted molar refractivity (Wildman–Crippen MR) is 108 cm³/mol. The molecule has 1 aromatic heterocycles.